The largest absolute Gasteiger partial charge is 0.334 e. The van der Waals surface area contributed by atoms with Gasteiger partial charge in [0.1, 0.15) is 11.4 Å². The summed E-state index contributed by atoms with van der Waals surface area (Å²) in [7, 11) is 1.51. The second kappa shape index (κ2) is 5.53. The molecule has 1 amide bonds. The van der Waals surface area contributed by atoms with Gasteiger partial charge in [-0.25, -0.2) is 17.9 Å². The molecule has 5 nitrogen and oxygen atoms in total. The fourth-order valence-corrected chi connectivity index (χ4v) is 2.55. The monoisotopic (exact) mass is 323 g/mol. The van der Waals surface area contributed by atoms with E-state index in [0.717, 1.165) is 0 Å². The van der Waals surface area contributed by atoms with E-state index in [1.165, 1.54) is 22.7 Å². The first kappa shape index (κ1) is 15.3. The van der Waals surface area contributed by atoms with Crippen LogP contribution in [0.25, 0.3) is 0 Å². The van der Waals surface area contributed by atoms with Crippen molar-refractivity contribution in [2.45, 2.75) is 13.0 Å². The number of carbonyl (C=O) groups excluding carboxylic acids is 1. The number of halogens is 3. The molecular weight excluding hydrogens is 311 g/mol. The van der Waals surface area contributed by atoms with E-state index in [4.69, 9.17) is 0 Å². The van der Waals surface area contributed by atoms with Gasteiger partial charge < -0.3 is 4.90 Å². The molecule has 0 atom stereocenters. The maximum atomic E-state index is 13.8. The molecule has 0 saturated heterocycles. The summed E-state index contributed by atoms with van der Waals surface area (Å²) < 4.78 is 41.9. The van der Waals surface area contributed by atoms with E-state index in [-0.39, 0.29) is 18.6 Å². The zero-order valence-corrected chi connectivity index (χ0v) is 12.1. The van der Waals surface area contributed by atoms with Crippen LogP contribution in [0.1, 0.15) is 21.6 Å². The Morgan fingerprint density at radius 2 is 1.91 bits per heavy atom. The third-order valence-electron chi connectivity index (χ3n) is 3.78. The molecule has 1 aromatic carbocycles. The Labute approximate surface area is 129 Å². The highest BCUT2D eigenvalue weighted by atomic mass is 19.2. The molecule has 2 heterocycles. The molecule has 0 fully saturated rings. The van der Waals surface area contributed by atoms with E-state index in [0.29, 0.717) is 29.8 Å². The average Bonchev–Trinajstić information content (AvgIpc) is 2.52. The van der Waals surface area contributed by atoms with Gasteiger partial charge in [-0.1, -0.05) is 0 Å². The SMILES string of the molecule is Cn1nc2c(cc1=O)CN(C(=O)c1c(F)ccc(F)c1F)CC2. The van der Waals surface area contributed by atoms with Crippen LogP contribution in [0.5, 0.6) is 0 Å². The Morgan fingerprint density at radius 1 is 1.22 bits per heavy atom. The normalized spacial score (nSPS) is 13.8. The Bertz CT molecular complexity index is 864. The highest BCUT2D eigenvalue weighted by molar-refractivity contribution is 5.95. The molecule has 0 N–H and O–H groups in total. The van der Waals surface area contributed by atoms with Crippen LogP contribution in [0, 0.1) is 17.5 Å². The molecule has 2 aromatic rings. The molecule has 23 heavy (non-hydrogen) atoms. The van der Waals surface area contributed by atoms with Gasteiger partial charge in [0.15, 0.2) is 11.6 Å². The predicted molar refractivity (Wildman–Crippen MR) is 74.2 cm³/mol. The van der Waals surface area contributed by atoms with Crippen LogP contribution in [-0.2, 0) is 20.0 Å². The van der Waals surface area contributed by atoms with Gasteiger partial charge in [0, 0.05) is 38.2 Å². The molecule has 3 rings (SSSR count). The van der Waals surface area contributed by atoms with E-state index in [1.54, 1.807) is 0 Å². The molecule has 1 aromatic heterocycles. The van der Waals surface area contributed by atoms with E-state index in [2.05, 4.69) is 5.10 Å². The van der Waals surface area contributed by atoms with Gasteiger partial charge in [-0.3, -0.25) is 9.59 Å². The first-order chi connectivity index (χ1) is 10.9. The Balaban J connectivity index is 1.95. The Hall–Kier alpha value is -2.64. The van der Waals surface area contributed by atoms with Crippen molar-refractivity contribution in [1.29, 1.82) is 0 Å². The molecule has 1 aliphatic heterocycles. The lowest BCUT2D eigenvalue weighted by Crippen LogP contribution is -2.39. The minimum Gasteiger partial charge on any atom is -0.334 e. The summed E-state index contributed by atoms with van der Waals surface area (Å²) in [6.07, 6.45) is 0.341. The number of aryl methyl sites for hydroxylation is 1. The first-order valence-electron chi connectivity index (χ1n) is 6.87. The average molecular weight is 323 g/mol. The number of nitrogens with zero attached hydrogens (tertiary/aromatic N) is 3. The van der Waals surface area contributed by atoms with Crippen molar-refractivity contribution in [1.82, 2.24) is 14.7 Å². The van der Waals surface area contributed by atoms with Crippen molar-refractivity contribution in [2.24, 2.45) is 7.05 Å². The lowest BCUT2D eigenvalue weighted by molar-refractivity contribution is 0.0721. The molecule has 0 spiro atoms. The molecule has 120 valence electrons. The number of rotatable bonds is 1. The van der Waals surface area contributed by atoms with E-state index < -0.39 is 28.9 Å². The van der Waals surface area contributed by atoms with E-state index >= 15 is 0 Å². The lowest BCUT2D eigenvalue weighted by Gasteiger charge is -2.28. The Morgan fingerprint density at radius 3 is 2.65 bits per heavy atom. The zero-order chi connectivity index (χ0) is 16.7. The fourth-order valence-electron chi connectivity index (χ4n) is 2.55. The summed E-state index contributed by atoms with van der Waals surface area (Å²) in [5.41, 5.74) is -0.104. The standard InChI is InChI=1S/C15H12F3N3O2/c1-20-12(22)6-8-7-21(5-4-11(8)19-20)15(23)13-9(16)2-3-10(17)14(13)18/h2-3,6H,4-5,7H2,1H3. The van der Waals surface area contributed by atoms with Crippen molar-refractivity contribution in [2.75, 3.05) is 6.54 Å². The van der Waals surface area contributed by atoms with Crippen LogP contribution in [0.4, 0.5) is 13.2 Å². The third kappa shape index (κ3) is 2.60. The molecule has 0 radical (unpaired) electrons. The number of hydrogen-bond acceptors (Lipinski definition) is 3. The second-order valence-corrected chi connectivity index (χ2v) is 5.27. The van der Waals surface area contributed by atoms with Crippen LogP contribution >= 0.6 is 0 Å². The van der Waals surface area contributed by atoms with Crippen molar-refractivity contribution in [3.05, 3.63) is 62.8 Å². The van der Waals surface area contributed by atoms with E-state index in [9.17, 15) is 22.8 Å². The molecule has 0 bridgehead atoms. The predicted octanol–water partition coefficient (Wildman–Crippen LogP) is 1.40. The number of fused-ring (bicyclic) bond motifs is 1. The number of hydrogen-bond donors (Lipinski definition) is 0. The molecule has 1 aliphatic rings. The van der Waals surface area contributed by atoms with Crippen molar-refractivity contribution in [3.63, 3.8) is 0 Å². The van der Waals surface area contributed by atoms with Gasteiger partial charge in [-0.15, -0.1) is 0 Å². The lowest BCUT2D eigenvalue weighted by atomic mass is 10.0. The zero-order valence-electron chi connectivity index (χ0n) is 12.1. The minimum atomic E-state index is -1.51. The fraction of sp³-hybridized carbons (Fsp3) is 0.267. The molecule has 0 unspecified atom stereocenters. The van der Waals surface area contributed by atoms with Crippen molar-refractivity contribution < 1.29 is 18.0 Å². The number of benzene rings is 1. The maximum absolute atomic E-state index is 13.8. The van der Waals surface area contributed by atoms with Crippen LogP contribution in [0.2, 0.25) is 0 Å². The number of aromatic nitrogens is 2. The van der Waals surface area contributed by atoms with Gasteiger partial charge in [-0.05, 0) is 12.1 Å². The van der Waals surface area contributed by atoms with Gasteiger partial charge in [0.05, 0.1) is 5.69 Å². The van der Waals surface area contributed by atoms with Crippen LogP contribution < -0.4 is 5.56 Å². The maximum Gasteiger partial charge on any atom is 0.266 e. The highest BCUT2D eigenvalue weighted by Gasteiger charge is 2.28. The van der Waals surface area contributed by atoms with Gasteiger partial charge in [0.2, 0.25) is 0 Å². The topological polar surface area (TPSA) is 55.2 Å². The van der Waals surface area contributed by atoms with Gasteiger partial charge in [-0.2, -0.15) is 5.10 Å². The smallest absolute Gasteiger partial charge is 0.266 e. The molecule has 0 aliphatic carbocycles. The van der Waals surface area contributed by atoms with Crippen molar-refractivity contribution >= 4 is 5.91 Å². The number of carbonyl (C=O) groups is 1. The summed E-state index contributed by atoms with van der Waals surface area (Å²) in [5, 5.41) is 4.09. The third-order valence-corrected chi connectivity index (χ3v) is 3.78. The summed E-state index contributed by atoms with van der Waals surface area (Å²) in [4.78, 5) is 25.1. The first-order valence-corrected chi connectivity index (χ1v) is 6.87. The number of amides is 1. The Kier molecular flexibility index (Phi) is 3.67. The van der Waals surface area contributed by atoms with Gasteiger partial charge in [0.25, 0.3) is 11.5 Å². The van der Waals surface area contributed by atoms with Crippen molar-refractivity contribution in [3.8, 4) is 0 Å². The molecule has 8 heteroatoms. The van der Waals surface area contributed by atoms with E-state index in [1.807, 2.05) is 0 Å². The van der Waals surface area contributed by atoms with Crippen LogP contribution in [-0.4, -0.2) is 27.1 Å². The quantitative estimate of drug-likeness (QED) is 0.746. The summed E-state index contributed by atoms with van der Waals surface area (Å²) in [5.74, 6) is -4.88. The van der Waals surface area contributed by atoms with Crippen LogP contribution in [0.15, 0.2) is 23.0 Å². The van der Waals surface area contributed by atoms with Crippen LogP contribution in [0.3, 0.4) is 0 Å². The summed E-state index contributed by atoms with van der Waals surface area (Å²) >= 11 is 0. The molecule has 0 saturated carbocycles. The van der Waals surface area contributed by atoms with Gasteiger partial charge >= 0.3 is 0 Å². The second-order valence-electron chi connectivity index (χ2n) is 5.27. The summed E-state index contributed by atoms with van der Waals surface area (Å²) in [6, 6.07) is 2.67. The highest BCUT2D eigenvalue weighted by Crippen LogP contribution is 2.22. The molecular formula is C15H12F3N3O2. The summed E-state index contributed by atoms with van der Waals surface area (Å²) in [6.45, 7) is 0.166. The minimum absolute atomic E-state index is 0.00730.